The number of hydrogen-bond donors (Lipinski definition) is 1. The van der Waals surface area contributed by atoms with Crippen LogP contribution in [0.3, 0.4) is 0 Å². The maximum Gasteiger partial charge on any atom is 0.314 e. The first-order valence-electron chi connectivity index (χ1n) is 7.17. The molecule has 112 valence electrons. The molecule has 0 bridgehead atoms. The van der Waals surface area contributed by atoms with Crippen LogP contribution in [0.5, 0.6) is 0 Å². The molecule has 1 saturated heterocycles. The summed E-state index contributed by atoms with van der Waals surface area (Å²) in [6.45, 7) is 3.05. The number of amides is 1. The molecule has 0 spiro atoms. The minimum absolute atomic E-state index is 0.0508. The molecule has 1 amide bonds. The van der Waals surface area contributed by atoms with Gasteiger partial charge in [0.1, 0.15) is 0 Å². The Morgan fingerprint density at radius 2 is 2.19 bits per heavy atom. The summed E-state index contributed by atoms with van der Waals surface area (Å²) in [4.78, 5) is 28.5. The van der Waals surface area contributed by atoms with Crippen molar-refractivity contribution >= 4 is 17.4 Å². The molecule has 21 heavy (non-hydrogen) atoms. The zero-order valence-electron chi connectivity index (χ0n) is 11.9. The molecule has 7 heteroatoms. The lowest BCUT2D eigenvalue weighted by molar-refractivity contribution is -0.384. The summed E-state index contributed by atoms with van der Waals surface area (Å²) in [7, 11) is 0. The number of hydrogen-bond acceptors (Lipinski definition) is 5. The van der Waals surface area contributed by atoms with Crippen molar-refractivity contribution in [2.24, 2.45) is 5.92 Å². The maximum absolute atomic E-state index is 12.1. The second-order valence-electron chi connectivity index (χ2n) is 5.87. The van der Waals surface area contributed by atoms with Crippen molar-refractivity contribution in [3.05, 3.63) is 27.4 Å². The Morgan fingerprint density at radius 1 is 1.48 bits per heavy atom. The average Bonchev–Trinajstić information content (AvgIpc) is 3.16. The second-order valence-corrected chi connectivity index (χ2v) is 5.87. The van der Waals surface area contributed by atoms with Gasteiger partial charge in [-0.15, -0.1) is 0 Å². The number of carbonyl (C=O) groups is 1. The van der Waals surface area contributed by atoms with Crippen LogP contribution in [-0.4, -0.2) is 33.8 Å². The Morgan fingerprint density at radius 3 is 2.81 bits per heavy atom. The summed E-state index contributed by atoms with van der Waals surface area (Å²) >= 11 is 0. The van der Waals surface area contributed by atoms with Gasteiger partial charge in [0.2, 0.25) is 11.7 Å². The summed E-state index contributed by atoms with van der Waals surface area (Å²) in [5.41, 5.74) is 6.89. The molecule has 1 aromatic heterocycles. The average molecular weight is 290 g/mol. The topological polar surface area (TPSA) is 102 Å². The highest BCUT2D eigenvalue weighted by molar-refractivity contribution is 5.81. The van der Waals surface area contributed by atoms with Crippen molar-refractivity contribution in [3.63, 3.8) is 0 Å². The molecule has 1 saturated carbocycles. The monoisotopic (exact) mass is 290 g/mol. The SMILES string of the molecule is Cc1c(C2CCN(C(=O)C3CC3)C2)cnc(N)c1[N+](=O)[O-]. The number of anilines is 1. The number of nitrogens with two attached hydrogens (primary N) is 1. The smallest absolute Gasteiger partial charge is 0.314 e. The van der Waals surface area contributed by atoms with Crippen LogP contribution in [0.4, 0.5) is 11.5 Å². The molecule has 1 aliphatic heterocycles. The normalized spacial score (nSPS) is 21.6. The molecule has 3 rings (SSSR count). The number of carbonyl (C=O) groups excluding carboxylic acids is 1. The van der Waals surface area contributed by atoms with Gasteiger partial charge in [-0.05, 0) is 31.7 Å². The van der Waals surface area contributed by atoms with Crippen LogP contribution in [0.2, 0.25) is 0 Å². The quantitative estimate of drug-likeness (QED) is 0.673. The van der Waals surface area contributed by atoms with Crippen LogP contribution in [0.1, 0.15) is 36.3 Å². The van der Waals surface area contributed by atoms with E-state index in [0.29, 0.717) is 12.1 Å². The highest BCUT2D eigenvalue weighted by atomic mass is 16.6. The first kappa shape index (κ1) is 13.8. The molecular formula is C14H18N4O3. The largest absolute Gasteiger partial charge is 0.378 e. The van der Waals surface area contributed by atoms with Gasteiger partial charge in [-0.2, -0.15) is 0 Å². The molecule has 1 atom stereocenters. The van der Waals surface area contributed by atoms with E-state index < -0.39 is 4.92 Å². The number of nitrogen functional groups attached to an aromatic ring is 1. The molecular weight excluding hydrogens is 272 g/mol. The van der Waals surface area contributed by atoms with E-state index in [2.05, 4.69) is 4.98 Å². The molecule has 1 aliphatic carbocycles. The van der Waals surface area contributed by atoms with Gasteiger partial charge in [-0.25, -0.2) is 4.98 Å². The lowest BCUT2D eigenvalue weighted by Gasteiger charge is -2.17. The predicted octanol–water partition coefficient (Wildman–Crippen LogP) is 1.61. The van der Waals surface area contributed by atoms with Gasteiger partial charge in [0.05, 0.1) is 4.92 Å². The van der Waals surface area contributed by atoms with Crippen molar-refractivity contribution < 1.29 is 9.72 Å². The van der Waals surface area contributed by atoms with Crippen LogP contribution in [0.25, 0.3) is 0 Å². The Kier molecular flexibility index (Phi) is 3.27. The van der Waals surface area contributed by atoms with Gasteiger partial charge in [-0.1, -0.05) is 0 Å². The van der Waals surface area contributed by atoms with Crippen LogP contribution in [0, 0.1) is 23.0 Å². The number of nitro groups is 1. The standard InChI is InChI=1S/C14H18N4O3/c1-8-11(6-16-13(15)12(8)18(20)21)10-4-5-17(7-10)14(19)9-2-3-9/h6,9-10H,2-5,7H2,1H3,(H2,15,16). The van der Waals surface area contributed by atoms with Gasteiger partial charge in [-0.3, -0.25) is 14.9 Å². The molecule has 0 aromatic carbocycles. The van der Waals surface area contributed by atoms with Crippen molar-refractivity contribution in [2.75, 3.05) is 18.8 Å². The van der Waals surface area contributed by atoms with Gasteiger partial charge in [0.15, 0.2) is 0 Å². The molecule has 2 fully saturated rings. The van der Waals surface area contributed by atoms with Crippen LogP contribution in [0.15, 0.2) is 6.20 Å². The Bertz CT molecular complexity index is 612. The molecule has 2 heterocycles. The summed E-state index contributed by atoms with van der Waals surface area (Å²) in [5, 5.41) is 11.1. The fourth-order valence-corrected chi connectivity index (χ4v) is 3.07. The van der Waals surface area contributed by atoms with Gasteiger partial charge in [0, 0.05) is 36.7 Å². The maximum atomic E-state index is 12.1. The lowest BCUT2D eigenvalue weighted by Crippen LogP contribution is -2.29. The third-order valence-electron chi connectivity index (χ3n) is 4.42. The van der Waals surface area contributed by atoms with Crippen molar-refractivity contribution in [2.45, 2.75) is 32.1 Å². The van der Waals surface area contributed by atoms with E-state index in [0.717, 1.165) is 31.4 Å². The highest BCUT2D eigenvalue weighted by Gasteiger charge is 2.37. The molecule has 2 N–H and O–H groups in total. The third kappa shape index (κ3) is 2.43. The predicted molar refractivity (Wildman–Crippen MR) is 76.7 cm³/mol. The molecule has 2 aliphatic rings. The van der Waals surface area contributed by atoms with Crippen LogP contribution in [-0.2, 0) is 4.79 Å². The lowest BCUT2D eigenvalue weighted by atomic mass is 9.95. The van der Waals surface area contributed by atoms with Crippen molar-refractivity contribution in [3.8, 4) is 0 Å². The first-order chi connectivity index (χ1) is 9.99. The van der Waals surface area contributed by atoms with E-state index >= 15 is 0 Å². The van der Waals surface area contributed by atoms with Crippen molar-refractivity contribution in [1.29, 1.82) is 0 Å². The highest BCUT2D eigenvalue weighted by Crippen LogP contribution is 2.37. The first-order valence-corrected chi connectivity index (χ1v) is 7.17. The van der Waals surface area contributed by atoms with Crippen LogP contribution < -0.4 is 5.73 Å². The number of nitrogens with zero attached hydrogens (tertiary/aromatic N) is 3. The number of pyridine rings is 1. The molecule has 1 aromatic rings. The fourth-order valence-electron chi connectivity index (χ4n) is 3.07. The Balaban J connectivity index is 1.83. The second kappa shape index (κ2) is 4.98. The number of likely N-dealkylation sites (tertiary alicyclic amines) is 1. The van der Waals surface area contributed by atoms with E-state index in [1.807, 2.05) is 4.90 Å². The van der Waals surface area contributed by atoms with Gasteiger partial charge < -0.3 is 10.6 Å². The Labute approximate surface area is 122 Å². The van der Waals surface area contributed by atoms with E-state index in [-0.39, 0.29) is 29.2 Å². The molecule has 7 nitrogen and oxygen atoms in total. The van der Waals surface area contributed by atoms with E-state index in [9.17, 15) is 14.9 Å². The fraction of sp³-hybridized carbons (Fsp3) is 0.571. The zero-order chi connectivity index (χ0) is 15.1. The van der Waals surface area contributed by atoms with E-state index in [4.69, 9.17) is 5.73 Å². The summed E-state index contributed by atoms with van der Waals surface area (Å²) in [6, 6.07) is 0. The molecule has 1 unspecified atom stereocenters. The van der Waals surface area contributed by atoms with Crippen LogP contribution >= 0.6 is 0 Å². The van der Waals surface area contributed by atoms with E-state index in [1.54, 1.807) is 13.1 Å². The summed E-state index contributed by atoms with van der Waals surface area (Å²) in [6.07, 6.45) is 4.43. The molecule has 0 radical (unpaired) electrons. The minimum atomic E-state index is -0.483. The third-order valence-corrected chi connectivity index (χ3v) is 4.42. The summed E-state index contributed by atoms with van der Waals surface area (Å²) in [5.74, 6) is 0.501. The van der Waals surface area contributed by atoms with Gasteiger partial charge >= 0.3 is 5.69 Å². The minimum Gasteiger partial charge on any atom is -0.378 e. The van der Waals surface area contributed by atoms with E-state index in [1.165, 1.54) is 0 Å². The van der Waals surface area contributed by atoms with Crippen molar-refractivity contribution in [1.82, 2.24) is 9.88 Å². The zero-order valence-corrected chi connectivity index (χ0v) is 11.9. The summed E-state index contributed by atoms with van der Waals surface area (Å²) < 4.78 is 0. The number of rotatable bonds is 3. The van der Waals surface area contributed by atoms with Gasteiger partial charge in [0.25, 0.3) is 0 Å². The Hall–Kier alpha value is -2.18. The number of aromatic nitrogens is 1.